The van der Waals surface area contributed by atoms with Gasteiger partial charge < -0.3 is 4.90 Å². The molecule has 0 spiro atoms. The summed E-state index contributed by atoms with van der Waals surface area (Å²) in [5, 5.41) is 5.44. The monoisotopic (exact) mass is 377 g/mol. The summed E-state index contributed by atoms with van der Waals surface area (Å²) in [5.41, 5.74) is 0.722. The number of rotatable bonds is 4. The van der Waals surface area contributed by atoms with E-state index in [2.05, 4.69) is 23.9 Å². The lowest BCUT2D eigenvalue weighted by molar-refractivity contribution is 0.0707. The smallest absolute Gasteiger partial charge is 0.337 e. The second-order valence-electron chi connectivity index (χ2n) is 7.22. The molecule has 2 aromatic heterocycles. The van der Waals surface area contributed by atoms with Crippen LogP contribution in [0.5, 0.6) is 0 Å². The van der Waals surface area contributed by atoms with Crippen LogP contribution < -0.4 is 5.69 Å². The fraction of sp³-hybridized carbons (Fsp3) is 0.667. The summed E-state index contributed by atoms with van der Waals surface area (Å²) in [6.07, 6.45) is 1.86. The minimum Gasteiger partial charge on any atom is -0.337 e. The molecular weight excluding hydrogens is 350 g/mol. The van der Waals surface area contributed by atoms with Crippen LogP contribution in [0.4, 0.5) is 0 Å². The van der Waals surface area contributed by atoms with E-state index in [9.17, 15) is 9.59 Å². The van der Waals surface area contributed by atoms with Crippen molar-refractivity contribution in [3.8, 4) is 0 Å². The van der Waals surface area contributed by atoms with Gasteiger partial charge in [-0.25, -0.2) is 14.5 Å². The van der Waals surface area contributed by atoms with Crippen molar-refractivity contribution in [2.24, 2.45) is 7.05 Å². The average molecular weight is 378 g/mol. The molecule has 0 saturated carbocycles. The highest BCUT2D eigenvalue weighted by molar-refractivity contribution is 7.13. The van der Waals surface area contributed by atoms with Crippen LogP contribution in [0.25, 0.3) is 0 Å². The van der Waals surface area contributed by atoms with Crippen molar-refractivity contribution in [2.75, 3.05) is 13.1 Å². The molecule has 0 aliphatic carbocycles. The maximum atomic E-state index is 13.1. The number of aromatic nitrogens is 4. The van der Waals surface area contributed by atoms with Gasteiger partial charge in [-0.1, -0.05) is 13.8 Å². The van der Waals surface area contributed by atoms with Gasteiger partial charge in [-0.2, -0.15) is 5.10 Å². The van der Waals surface area contributed by atoms with Crippen LogP contribution in [0.2, 0.25) is 0 Å². The number of piperidine rings is 1. The zero-order valence-electron chi connectivity index (χ0n) is 16.2. The predicted molar refractivity (Wildman–Crippen MR) is 102 cm³/mol. The minimum absolute atomic E-state index is 0.0536. The molecule has 26 heavy (non-hydrogen) atoms. The molecule has 0 radical (unpaired) electrons. The van der Waals surface area contributed by atoms with E-state index in [1.54, 1.807) is 11.6 Å². The van der Waals surface area contributed by atoms with Crippen molar-refractivity contribution in [1.29, 1.82) is 0 Å². The molecule has 0 N–H and O–H groups in total. The largest absolute Gasteiger partial charge is 0.345 e. The van der Waals surface area contributed by atoms with E-state index in [4.69, 9.17) is 0 Å². The Kier molecular flexibility index (Phi) is 5.32. The van der Waals surface area contributed by atoms with E-state index in [0.717, 1.165) is 40.8 Å². The number of amides is 1. The number of nitrogens with zero attached hydrogens (tertiary/aromatic N) is 5. The third-order valence-electron chi connectivity index (χ3n) is 4.93. The molecule has 0 aromatic carbocycles. The Morgan fingerprint density at radius 2 is 2.12 bits per heavy atom. The molecule has 3 rings (SSSR count). The van der Waals surface area contributed by atoms with Gasteiger partial charge in [-0.05, 0) is 26.7 Å². The van der Waals surface area contributed by atoms with Crippen molar-refractivity contribution < 1.29 is 4.79 Å². The third kappa shape index (κ3) is 3.34. The lowest BCUT2D eigenvalue weighted by Gasteiger charge is -2.32. The molecule has 7 nitrogen and oxygen atoms in total. The Balaban J connectivity index is 1.84. The molecule has 1 aliphatic heterocycles. The van der Waals surface area contributed by atoms with Gasteiger partial charge in [0.15, 0.2) is 0 Å². The van der Waals surface area contributed by atoms with Crippen LogP contribution in [0.15, 0.2) is 4.79 Å². The normalized spacial score (nSPS) is 17.9. The van der Waals surface area contributed by atoms with Crippen molar-refractivity contribution in [3.05, 3.63) is 31.9 Å². The van der Waals surface area contributed by atoms with Crippen LogP contribution in [0.3, 0.4) is 0 Å². The maximum absolute atomic E-state index is 13.1. The molecule has 2 aromatic rings. The molecular formula is C18H27N5O2S. The van der Waals surface area contributed by atoms with E-state index in [1.165, 1.54) is 16.0 Å². The molecule has 1 unspecified atom stereocenters. The molecule has 1 amide bonds. The zero-order valence-corrected chi connectivity index (χ0v) is 17.0. The summed E-state index contributed by atoms with van der Waals surface area (Å²) in [6.45, 7) is 9.98. The Hall–Kier alpha value is -1.96. The van der Waals surface area contributed by atoms with Gasteiger partial charge in [0.05, 0.1) is 10.7 Å². The summed E-state index contributed by atoms with van der Waals surface area (Å²) in [5.74, 6) is 1.26. The topological polar surface area (TPSA) is 73.0 Å². The van der Waals surface area contributed by atoms with E-state index in [1.807, 2.05) is 18.7 Å². The van der Waals surface area contributed by atoms with Gasteiger partial charge in [-0.15, -0.1) is 11.3 Å². The van der Waals surface area contributed by atoms with Crippen LogP contribution in [-0.4, -0.2) is 43.2 Å². The van der Waals surface area contributed by atoms with E-state index in [0.29, 0.717) is 19.0 Å². The highest BCUT2D eigenvalue weighted by atomic mass is 32.1. The zero-order chi connectivity index (χ0) is 19.0. The standard InChI is InChI=1S/C18H27N5O2S/c1-6-23-15(20-21(5)18(23)25)13-8-7-9-22(10-13)17(24)14-12(4)19-16(26-14)11(2)3/h11,13H,6-10H2,1-5H3. The second kappa shape index (κ2) is 7.34. The fourth-order valence-electron chi connectivity index (χ4n) is 3.50. The van der Waals surface area contributed by atoms with Gasteiger partial charge in [0.25, 0.3) is 5.91 Å². The molecule has 0 bridgehead atoms. The molecule has 1 aliphatic rings. The van der Waals surface area contributed by atoms with E-state index in [-0.39, 0.29) is 17.5 Å². The molecule has 1 saturated heterocycles. The van der Waals surface area contributed by atoms with E-state index >= 15 is 0 Å². The minimum atomic E-state index is -0.0918. The molecule has 142 valence electrons. The first-order valence-corrected chi connectivity index (χ1v) is 10.0. The highest BCUT2D eigenvalue weighted by Gasteiger charge is 2.31. The Morgan fingerprint density at radius 1 is 1.38 bits per heavy atom. The SMILES string of the molecule is CCn1c(C2CCCN(C(=O)c3sc(C(C)C)nc3C)C2)nn(C)c1=O. The van der Waals surface area contributed by atoms with Gasteiger partial charge in [-0.3, -0.25) is 9.36 Å². The Morgan fingerprint density at radius 3 is 2.73 bits per heavy atom. The quantitative estimate of drug-likeness (QED) is 0.821. The fourth-order valence-corrected chi connectivity index (χ4v) is 4.54. The Bertz CT molecular complexity index is 864. The average Bonchev–Trinajstić information content (AvgIpc) is 3.15. The first-order chi connectivity index (χ1) is 12.3. The molecule has 1 atom stereocenters. The summed E-state index contributed by atoms with van der Waals surface area (Å²) in [7, 11) is 1.68. The third-order valence-corrected chi connectivity index (χ3v) is 6.37. The van der Waals surface area contributed by atoms with Gasteiger partial charge >= 0.3 is 5.69 Å². The van der Waals surface area contributed by atoms with Gasteiger partial charge in [0.2, 0.25) is 0 Å². The van der Waals surface area contributed by atoms with Crippen molar-refractivity contribution >= 4 is 17.2 Å². The number of hydrogen-bond donors (Lipinski definition) is 0. The summed E-state index contributed by atoms with van der Waals surface area (Å²) in [6, 6.07) is 0. The lowest BCUT2D eigenvalue weighted by atomic mass is 9.97. The summed E-state index contributed by atoms with van der Waals surface area (Å²) in [4.78, 5) is 32.4. The van der Waals surface area contributed by atoms with Gasteiger partial charge in [0.1, 0.15) is 10.7 Å². The van der Waals surface area contributed by atoms with Crippen molar-refractivity contribution in [2.45, 2.75) is 58.9 Å². The van der Waals surface area contributed by atoms with Crippen LogP contribution in [0, 0.1) is 6.92 Å². The molecule has 1 fully saturated rings. The highest BCUT2D eigenvalue weighted by Crippen LogP contribution is 2.30. The number of aryl methyl sites for hydroxylation is 2. The van der Waals surface area contributed by atoms with Crippen LogP contribution in [0.1, 0.15) is 71.6 Å². The number of thiazole rings is 1. The summed E-state index contributed by atoms with van der Waals surface area (Å²) < 4.78 is 3.11. The van der Waals surface area contributed by atoms with Crippen LogP contribution >= 0.6 is 11.3 Å². The van der Waals surface area contributed by atoms with Crippen molar-refractivity contribution in [3.63, 3.8) is 0 Å². The Labute approximate surface area is 157 Å². The first-order valence-electron chi connectivity index (χ1n) is 9.23. The van der Waals surface area contributed by atoms with Crippen molar-refractivity contribution in [1.82, 2.24) is 24.2 Å². The molecule has 3 heterocycles. The number of likely N-dealkylation sites (tertiary alicyclic amines) is 1. The van der Waals surface area contributed by atoms with Gasteiger partial charge in [0, 0.05) is 38.5 Å². The number of carbonyl (C=O) groups excluding carboxylic acids is 1. The lowest BCUT2D eigenvalue weighted by Crippen LogP contribution is -2.40. The first kappa shape index (κ1) is 18.8. The number of carbonyl (C=O) groups is 1. The summed E-state index contributed by atoms with van der Waals surface area (Å²) >= 11 is 1.50. The van der Waals surface area contributed by atoms with E-state index < -0.39 is 0 Å². The number of hydrogen-bond acceptors (Lipinski definition) is 5. The van der Waals surface area contributed by atoms with Crippen LogP contribution in [-0.2, 0) is 13.6 Å². The predicted octanol–water partition coefficient (Wildman–Crippen LogP) is 2.51. The maximum Gasteiger partial charge on any atom is 0.345 e. The molecule has 8 heteroatoms. The second-order valence-corrected chi connectivity index (χ2v) is 8.25.